The maximum absolute atomic E-state index is 13.0. The van der Waals surface area contributed by atoms with Gasteiger partial charge in [0.1, 0.15) is 24.4 Å². The van der Waals surface area contributed by atoms with Crippen molar-refractivity contribution in [3.05, 3.63) is 0 Å². The Kier molecular flexibility index (Phi) is 39.3. The number of ether oxygens (including phenoxy) is 2. The second-order valence-corrected chi connectivity index (χ2v) is 18.3. The lowest BCUT2D eigenvalue weighted by Crippen LogP contribution is -2.60. The van der Waals surface area contributed by atoms with Crippen molar-refractivity contribution in [3.8, 4) is 0 Å². The van der Waals surface area contributed by atoms with Gasteiger partial charge in [0.05, 0.1) is 25.4 Å². The Bertz CT molecular complexity index is 893. The monoisotopic (exact) mass is 842 g/mol. The third-order valence-corrected chi connectivity index (χ3v) is 12.7. The fourth-order valence-electron chi connectivity index (χ4n) is 8.58. The second kappa shape index (κ2) is 41.2. The Morgan fingerprint density at radius 3 is 1.20 bits per heavy atom. The fraction of sp³-hybridized carbons (Fsp3) is 0.980. The van der Waals surface area contributed by atoms with E-state index in [9.17, 15) is 30.3 Å². The lowest BCUT2D eigenvalue weighted by Gasteiger charge is -2.40. The topological polar surface area (TPSA) is 149 Å². The number of amides is 1. The first-order valence-corrected chi connectivity index (χ1v) is 25.7. The Hall–Kier alpha value is -0.810. The Morgan fingerprint density at radius 1 is 0.508 bits per heavy atom. The van der Waals surface area contributed by atoms with Crippen molar-refractivity contribution in [2.75, 3.05) is 13.2 Å². The zero-order valence-electron chi connectivity index (χ0n) is 38.8. The Labute approximate surface area is 364 Å². The van der Waals surface area contributed by atoms with Gasteiger partial charge in [0.15, 0.2) is 6.29 Å². The van der Waals surface area contributed by atoms with E-state index in [-0.39, 0.29) is 12.5 Å². The summed E-state index contributed by atoms with van der Waals surface area (Å²) in [4.78, 5) is 13.0. The standard InChI is InChI=1S/C50H99NO8/c1-3-5-7-9-11-13-15-17-18-19-20-21-22-23-24-25-26-28-30-32-34-36-38-40-46(54)51-43(42-58-50-49(57)48(56)47(55)45(41-52)59-50)44(53)39-37-35-33-31-29-27-16-14-12-10-8-6-4-2/h43-45,47-50,52-53,55-57H,3-42H2,1-2H3,(H,51,54)/t43-,44+,45+,47-,48-,49+,50+/m0/s1. The van der Waals surface area contributed by atoms with E-state index >= 15 is 0 Å². The molecule has 1 aliphatic heterocycles. The van der Waals surface area contributed by atoms with Gasteiger partial charge in [-0.25, -0.2) is 0 Å². The molecule has 7 atom stereocenters. The zero-order chi connectivity index (χ0) is 43.0. The number of hydrogen-bond donors (Lipinski definition) is 6. The van der Waals surface area contributed by atoms with Crippen molar-refractivity contribution in [2.24, 2.45) is 0 Å². The molecule has 9 heteroatoms. The molecule has 1 aliphatic rings. The number of aliphatic hydroxyl groups excluding tert-OH is 5. The normalized spacial score (nSPS) is 20.6. The van der Waals surface area contributed by atoms with Gasteiger partial charge in [0.2, 0.25) is 5.91 Å². The highest BCUT2D eigenvalue weighted by atomic mass is 16.7. The average molecular weight is 842 g/mol. The highest BCUT2D eigenvalue weighted by Crippen LogP contribution is 2.23. The molecule has 352 valence electrons. The van der Waals surface area contributed by atoms with Gasteiger partial charge >= 0.3 is 0 Å². The van der Waals surface area contributed by atoms with E-state index < -0.39 is 49.5 Å². The van der Waals surface area contributed by atoms with Crippen LogP contribution in [0.4, 0.5) is 0 Å². The Morgan fingerprint density at radius 2 is 0.847 bits per heavy atom. The smallest absolute Gasteiger partial charge is 0.220 e. The van der Waals surface area contributed by atoms with Gasteiger partial charge in [-0.3, -0.25) is 4.79 Å². The van der Waals surface area contributed by atoms with Gasteiger partial charge in [-0.05, 0) is 12.8 Å². The molecule has 0 radical (unpaired) electrons. The lowest BCUT2D eigenvalue weighted by molar-refractivity contribution is -0.302. The van der Waals surface area contributed by atoms with E-state index in [1.807, 2.05) is 0 Å². The molecule has 0 aromatic carbocycles. The van der Waals surface area contributed by atoms with E-state index in [1.54, 1.807) is 0 Å². The lowest BCUT2D eigenvalue weighted by atomic mass is 9.99. The minimum atomic E-state index is -1.55. The summed E-state index contributed by atoms with van der Waals surface area (Å²) in [6.07, 6.45) is 39.8. The summed E-state index contributed by atoms with van der Waals surface area (Å²) in [5.74, 6) is -0.139. The fourth-order valence-corrected chi connectivity index (χ4v) is 8.58. The molecule has 0 aliphatic carbocycles. The molecule has 0 bridgehead atoms. The zero-order valence-corrected chi connectivity index (χ0v) is 38.8. The first kappa shape index (κ1) is 56.2. The molecule has 1 fully saturated rings. The highest BCUT2D eigenvalue weighted by Gasteiger charge is 2.44. The van der Waals surface area contributed by atoms with Crippen LogP contribution in [0.3, 0.4) is 0 Å². The van der Waals surface area contributed by atoms with Crippen LogP contribution in [0.15, 0.2) is 0 Å². The molecule has 59 heavy (non-hydrogen) atoms. The number of carbonyl (C=O) groups excluding carboxylic acids is 1. The molecule has 1 heterocycles. The molecule has 0 spiro atoms. The predicted molar refractivity (Wildman–Crippen MR) is 244 cm³/mol. The maximum Gasteiger partial charge on any atom is 0.220 e. The van der Waals surface area contributed by atoms with E-state index in [1.165, 1.54) is 193 Å². The summed E-state index contributed by atoms with van der Waals surface area (Å²) < 4.78 is 11.3. The highest BCUT2D eigenvalue weighted by molar-refractivity contribution is 5.76. The maximum atomic E-state index is 13.0. The quantitative estimate of drug-likeness (QED) is 0.0332. The number of aliphatic hydroxyl groups is 5. The van der Waals surface area contributed by atoms with Crippen LogP contribution in [0.5, 0.6) is 0 Å². The average Bonchev–Trinajstić information content (AvgIpc) is 3.23. The van der Waals surface area contributed by atoms with Gasteiger partial charge in [0.25, 0.3) is 0 Å². The van der Waals surface area contributed by atoms with E-state index in [4.69, 9.17) is 9.47 Å². The van der Waals surface area contributed by atoms with Crippen molar-refractivity contribution >= 4 is 5.91 Å². The molecule has 0 aromatic rings. The SMILES string of the molecule is CCCCCCCCCCCCCCCCCCCCCCCCCC(=O)N[C@@H](CO[C@@H]1O[C@H](CO)[C@H](O)[C@H](O)[C@H]1O)[C@H](O)CCCCCCCCCCCCCCC. The van der Waals surface area contributed by atoms with Crippen molar-refractivity contribution in [1.29, 1.82) is 0 Å². The number of unbranched alkanes of at least 4 members (excludes halogenated alkanes) is 34. The molecule has 9 nitrogen and oxygen atoms in total. The van der Waals surface area contributed by atoms with Crippen molar-refractivity contribution in [1.82, 2.24) is 5.32 Å². The van der Waals surface area contributed by atoms with E-state index in [0.717, 1.165) is 38.5 Å². The van der Waals surface area contributed by atoms with Crippen LogP contribution in [0, 0.1) is 0 Å². The van der Waals surface area contributed by atoms with Crippen LogP contribution >= 0.6 is 0 Å². The van der Waals surface area contributed by atoms with Gasteiger partial charge in [-0.15, -0.1) is 0 Å². The summed E-state index contributed by atoms with van der Waals surface area (Å²) in [7, 11) is 0. The van der Waals surface area contributed by atoms with Crippen LogP contribution in [0.25, 0.3) is 0 Å². The van der Waals surface area contributed by atoms with Crippen LogP contribution in [-0.2, 0) is 14.3 Å². The molecular formula is C50H99NO8. The first-order valence-electron chi connectivity index (χ1n) is 25.7. The van der Waals surface area contributed by atoms with Gasteiger partial charge < -0.3 is 40.3 Å². The number of hydrogen-bond acceptors (Lipinski definition) is 8. The summed E-state index contributed by atoms with van der Waals surface area (Å²) in [5.41, 5.74) is 0. The number of nitrogens with one attached hydrogen (secondary N) is 1. The molecule has 1 saturated heterocycles. The molecule has 0 unspecified atom stereocenters. The van der Waals surface area contributed by atoms with Crippen LogP contribution in [0.1, 0.15) is 258 Å². The molecule has 0 saturated carbocycles. The van der Waals surface area contributed by atoms with Crippen LogP contribution in [-0.4, -0.2) is 87.5 Å². The van der Waals surface area contributed by atoms with Crippen LogP contribution in [0.2, 0.25) is 0 Å². The third-order valence-electron chi connectivity index (χ3n) is 12.7. The molecular weight excluding hydrogens is 743 g/mol. The van der Waals surface area contributed by atoms with Crippen molar-refractivity contribution < 1.29 is 39.8 Å². The largest absolute Gasteiger partial charge is 0.394 e. The summed E-state index contributed by atoms with van der Waals surface area (Å²) >= 11 is 0. The minimum Gasteiger partial charge on any atom is -0.394 e. The summed E-state index contributed by atoms with van der Waals surface area (Å²) in [6.45, 7) is 3.86. The number of rotatable bonds is 44. The predicted octanol–water partition coefficient (Wildman–Crippen LogP) is 11.5. The molecule has 6 N–H and O–H groups in total. The van der Waals surface area contributed by atoms with E-state index in [2.05, 4.69) is 19.2 Å². The van der Waals surface area contributed by atoms with Gasteiger partial charge in [0, 0.05) is 6.42 Å². The van der Waals surface area contributed by atoms with Crippen LogP contribution < -0.4 is 5.32 Å². The minimum absolute atomic E-state index is 0.132. The summed E-state index contributed by atoms with van der Waals surface area (Å²) in [5, 5.41) is 54.4. The molecule has 0 aromatic heterocycles. The first-order chi connectivity index (χ1) is 28.8. The Balaban J connectivity index is 2.21. The van der Waals surface area contributed by atoms with E-state index in [0.29, 0.717) is 12.8 Å². The number of carbonyl (C=O) groups is 1. The van der Waals surface area contributed by atoms with Crippen molar-refractivity contribution in [3.63, 3.8) is 0 Å². The van der Waals surface area contributed by atoms with Crippen molar-refractivity contribution in [2.45, 2.75) is 301 Å². The molecule has 1 amide bonds. The third kappa shape index (κ3) is 31.6. The van der Waals surface area contributed by atoms with Gasteiger partial charge in [-0.1, -0.05) is 239 Å². The second-order valence-electron chi connectivity index (χ2n) is 18.3. The van der Waals surface area contributed by atoms with Gasteiger partial charge in [-0.2, -0.15) is 0 Å². The summed E-state index contributed by atoms with van der Waals surface area (Å²) in [6, 6.07) is -0.711. The molecule has 1 rings (SSSR count).